The minimum atomic E-state index is -0.431. The second-order valence-corrected chi connectivity index (χ2v) is 6.35. The highest BCUT2D eigenvalue weighted by atomic mass is 19.1. The zero-order valence-electron chi connectivity index (χ0n) is 14.8. The summed E-state index contributed by atoms with van der Waals surface area (Å²) in [5.74, 6) is -1.16. The first-order chi connectivity index (χ1) is 13.0. The van der Waals surface area contributed by atoms with Gasteiger partial charge >= 0.3 is 0 Å². The van der Waals surface area contributed by atoms with E-state index in [0.29, 0.717) is 11.1 Å². The molecule has 0 spiro atoms. The number of benzene rings is 2. The standard InChI is InChI=1S/C21H16FN3O2/c1-13-11-15(14(2)24(13)17-9-7-16(22)8-10-17)12-23-25-20(26)18-5-3-4-6-19(18)21(25)27/h3-12H,1-2H3. The third-order valence-corrected chi connectivity index (χ3v) is 4.64. The molecule has 5 nitrogen and oxygen atoms in total. The number of nitrogens with zero attached hydrogens (tertiary/aromatic N) is 3. The Morgan fingerprint density at radius 1 is 0.926 bits per heavy atom. The second-order valence-electron chi connectivity index (χ2n) is 6.35. The molecule has 27 heavy (non-hydrogen) atoms. The number of carbonyl (C=O) groups is 2. The number of halogens is 1. The molecule has 0 saturated carbocycles. The van der Waals surface area contributed by atoms with Crippen molar-refractivity contribution in [2.45, 2.75) is 13.8 Å². The number of amides is 2. The van der Waals surface area contributed by atoms with Gasteiger partial charge in [-0.3, -0.25) is 9.59 Å². The van der Waals surface area contributed by atoms with Gasteiger partial charge < -0.3 is 4.57 Å². The minimum Gasteiger partial charge on any atom is -0.318 e. The van der Waals surface area contributed by atoms with Gasteiger partial charge in [0.25, 0.3) is 11.8 Å². The maximum atomic E-state index is 13.2. The van der Waals surface area contributed by atoms with Crippen LogP contribution in [-0.2, 0) is 0 Å². The van der Waals surface area contributed by atoms with Crippen LogP contribution in [0, 0.1) is 19.7 Å². The molecule has 0 saturated heterocycles. The summed E-state index contributed by atoms with van der Waals surface area (Å²) >= 11 is 0. The minimum absolute atomic E-state index is 0.298. The van der Waals surface area contributed by atoms with Crippen LogP contribution in [0.3, 0.4) is 0 Å². The number of hydrazone groups is 1. The third-order valence-electron chi connectivity index (χ3n) is 4.64. The lowest BCUT2D eigenvalue weighted by atomic mass is 10.1. The summed E-state index contributed by atoms with van der Waals surface area (Å²) in [6.45, 7) is 3.83. The molecular formula is C21H16FN3O2. The van der Waals surface area contributed by atoms with Gasteiger partial charge in [0.15, 0.2) is 0 Å². The molecule has 134 valence electrons. The Bertz CT molecular complexity index is 1060. The Balaban J connectivity index is 1.66. The van der Waals surface area contributed by atoms with Crippen LogP contribution >= 0.6 is 0 Å². The van der Waals surface area contributed by atoms with Crippen molar-refractivity contribution in [2.75, 3.05) is 0 Å². The van der Waals surface area contributed by atoms with E-state index in [1.54, 1.807) is 36.4 Å². The Morgan fingerprint density at radius 2 is 1.52 bits per heavy atom. The Kier molecular flexibility index (Phi) is 3.96. The predicted octanol–water partition coefficient (Wildman–Crippen LogP) is 3.86. The molecule has 2 aromatic carbocycles. The molecule has 2 heterocycles. The first-order valence-electron chi connectivity index (χ1n) is 8.44. The highest BCUT2D eigenvalue weighted by Crippen LogP contribution is 2.24. The van der Waals surface area contributed by atoms with E-state index in [-0.39, 0.29) is 5.82 Å². The second kappa shape index (κ2) is 6.32. The lowest BCUT2D eigenvalue weighted by Crippen LogP contribution is -2.24. The number of imide groups is 1. The lowest BCUT2D eigenvalue weighted by Gasteiger charge is -2.09. The summed E-state index contributed by atoms with van der Waals surface area (Å²) < 4.78 is 15.1. The van der Waals surface area contributed by atoms with Gasteiger partial charge in [0, 0.05) is 22.6 Å². The molecule has 0 N–H and O–H groups in total. The highest BCUT2D eigenvalue weighted by Gasteiger charge is 2.35. The fourth-order valence-electron chi connectivity index (χ4n) is 3.31. The van der Waals surface area contributed by atoms with Gasteiger partial charge in [-0.05, 0) is 56.3 Å². The molecular weight excluding hydrogens is 345 g/mol. The number of carbonyl (C=O) groups excluding carboxylic acids is 2. The molecule has 0 fully saturated rings. The van der Waals surface area contributed by atoms with Crippen molar-refractivity contribution >= 4 is 18.0 Å². The zero-order chi connectivity index (χ0) is 19.1. The van der Waals surface area contributed by atoms with Gasteiger partial charge in [-0.1, -0.05) is 12.1 Å². The topological polar surface area (TPSA) is 54.7 Å². The van der Waals surface area contributed by atoms with Gasteiger partial charge in [-0.15, -0.1) is 0 Å². The van der Waals surface area contributed by atoms with Crippen molar-refractivity contribution < 1.29 is 14.0 Å². The van der Waals surface area contributed by atoms with Crippen LogP contribution in [0.25, 0.3) is 5.69 Å². The van der Waals surface area contributed by atoms with Gasteiger partial charge in [-0.25, -0.2) is 4.39 Å². The highest BCUT2D eigenvalue weighted by molar-refractivity contribution is 6.21. The van der Waals surface area contributed by atoms with Crippen molar-refractivity contribution in [3.8, 4) is 5.69 Å². The first-order valence-corrected chi connectivity index (χ1v) is 8.44. The van der Waals surface area contributed by atoms with E-state index in [4.69, 9.17) is 0 Å². The van der Waals surface area contributed by atoms with Crippen LogP contribution in [0.15, 0.2) is 59.7 Å². The number of hydrogen-bond donors (Lipinski definition) is 0. The Hall–Kier alpha value is -3.54. The van der Waals surface area contributed by atoms with Crippen LogP contribution in [-0.4, -0.2) is 27.6 Å². The van der Waals surface area contributed by atoms with Crippen LogP contribution in [0.2, 0.25) is 0 Å². The summed E-state index contributed by atoms with van der Waals surface area (Å²) in [4.78, 5) is 24.8. The Labute approximate surface area is 155 Å². The molecule has 1 aromatic heterocycles. The average molecular weight is 361 g/mol. The summed E-state index contributed by atoms with van der Waals surface area (Å²) in [5, 5.41) is 5.01. The van der Waals surface area contributed by atoms with E-state index in [1.807, 2.05) is 24.5 Å². The van der Waals surface area contributed by atoms with Crippen molar-refractivity contribution in [3.05, 3.63) is 88.5 Å². The molecule has 3 aromatic rings. The van der Waals surface area contributed by atoms with E-state index in [2.05, 4.69) is 5.10 Å². The smallest absolute Gasteiger partial charge is 0.282 e. The number of fused-ring (bicyclic) bond motifs is 1. The average Bonchev–Trinajstić information content (AvgIpc) is 3.08. The van der Waals surface area contributed by atoms with Gasteiger partial charge in [0.05, 0.1) is 17.3 Å². The molecule has 1 aliphatic rings. The molecule has 0 atom stereocenters. The maximum Gasteiger partial charge on any atom is 0.282 e. The molecule has 6 heteroatoms. The maximum absolute atomic E-state index is 13.2. The van der Waals surface area contributed by atoms with Crippen LogP contribution in [0.5, 0.6) is 0 Å². The fraction of sp³-hybridized carbons (Fsp3) is 0.0952. The van der Waals surface area contributed by atoms with Crippen molar-refractivity contribution in [1.29, 1.82) is 0 Å². The number of aryl methyl sites for hydroxylation is 1. The first kappa shape index (κ1) is 16.9. The van der Waals surface area contributed by atoms with E-state index in [0.717, 1.165) is 27.6 Å². The quantitative estimate of drug-likeness (QED) is 0.525. The van der Waals surface area contributed by atoms with E-state index >= 15 is 0 Å². The van der Waals surface area contributed by atoms with E-state index in [9.17, 15) is 14.0 Å². The summed E-state index contributed by atoms with van der Waals surface area (Å²) in [6.07, 6.45) is 1.50. The van der Waals surface area contributed by atoms with Crippen molar-refractivity contribution in [1.82, 2.24) is 9.58 Å². The Morgan fingerprint density at radius 3 is 2.11 bits per heavy atom. The van der Waals surface area contributed by atoms with Gasteiger partial charge in [0.1, 0.15) is 5.82 Å². The van der Waals surface area contributed by atoms with Crippen LogP contribution in [0.4, 0.5) is 4.39 Å². The molecule has 0 unspecified atom stereocenters. The monoisotopic (exact) mass is 361 g/mol. The number of rotatable bonds is 3. The third kappa shape index (κ3) is 2.75. The summed E-state index contributed by atoms with van der Waals surface area (Å²) in [6, 6.07) is 14.8. The SMILES string of the molecule is Cc1cc(C=NN2C(=O)c3ccccc3C2=O)c(C)n1-c1ccc(F)cc1. The van der Waals surface area contributed by atoms with E-state index in [1.165, 1.54) is 18.3 Å². The zero-order valence-corrected chi connectivity index (χ0v) is 14.8. The van der Waals surface area contributed by atoms with Gasteiger partial charge in [-0.2, -0.15) is 10.1 Å². The summed E-state index contributed by atoms with van der Waals surface area (Å²) in [7, 11) is 0. The normalized spacial score (nSPS) is 13.7. The van der Waals surface area contributed by atoms with E-state index < -0.39 is 11.8 Å². The molecule has 1 aliphatic heterocycles. The molecule has 4 rings (SSSR count). The molecule has 0 bridgehead atoms. The summed E-state index contributed by atoms with van der Waals surface area (Å²) in [5.41, 5.74) is 4.12. The number of hydrogen-bond acceptors (Lipinski definition) is 3. The van der Waals surface area contributed by atoms with Gasteiger partial charge in [0.2, 0.25) is 0 Å². The molecule has 2 amide bonds. The van der Waals surface area contributed by atoms with Crippen molar-refractivity contribution in [2.24, 2.45) is 5.10 Å². The molecule has 0 radical (unpaired) electrons. The predicted molar refractivity (Wildman–Crippen MR) is 99.7 cm³/mol. The number of aromatic nitrogens is 1. The van der Waals surface area contributed by atoms with Crippen LogP contribution in [0.1, 0.15) is 37.7 Å². The fourth-order valence-corrected chi connectivity index (χ4v) is 3.31. The largest absolute Gasteiger partial charge is 0.318 e. The van der Waals surface area contributed by atoms with Crippen LogP contribution < -0.4 is 0 Å². The lowest BCUT2D eigenvalue weighted by molar-refractivity contribution is 0.0660. The van der Waals surface area contributed by atoms with Crippen molar-refractivity contribution in [3.63, 3.8) is 0 Å². The molecule has 0 aliphatic carbocycles.